The van der Waals surface area contributed by atoms with Gasteiger partial charge >= 0.3 is 0 Å². The molecule has 25 heavy (non-hydrogen) atoms. The quantitative estimate of drug-likeness (QED) is 0.535. The smallest absolute Gasteiger partial charge is 0.266 e. The fourth-order valence-electron chi connectivity index (χ4n) is 2.21. The number of thiocarbonyl (C=S) groups is 1. The highest BCUT2D eigenvalue weighted by Gasteiger charge is 2.37. The summed E-state index contributed by atoms with van der Waals surface area (Å²) in [5, 5.41) is 20.3. The Morgan fingerprint density at radius 1 is 1.48 bits per heavy atom. The Bertz CT molecular complexity index is 733. The summed E-state index contributed by atoms with van der Waals surface area (Å²) in [6.45, 7) is 1.56. The van der Waals surface area contributed by atoms with Crippen LogP contribution >= 0.6 is 24.0 Å². The Hall–Kier alpha value is -2.10. The van der Waals surface area contributed by atoms with Crippen molar-refractivity contribution < 1.29 is 29.3 Å². The van der Waals surface area contributed by atoms with Crippen LogP contribution in [0.2, 0.25) is 0 Å². The number of thioether (sulfide) groups is 1. The normalized spacial score (nSPS) is 17.1. The lowest BCUT2D eigenvalue weighted by molar-refractivity contribution is -0.311. The Balaban J connectivity index is 2.31. The first-order chi connectivity index (χ1) is 11.9. The van der Waals surface area contributed by atoms with Gasteiger partial charge in [0.2, 0.25) is 0 Å². The molecule has 1 aliphatic rings. The zero-order valence-corrected chi connectivity index (χ0v) is 15.2. The molecule has 1 aromatic carbocycles. The molecule has 1 saturated heterocycles. The molecular weight excluding hydrogens is 366 g/mol. The van der Waals surface area contributed by atoms with E-state index in [1.165, 1.54) is 7.11 Å². The molecule has 1 aliphatic heterocycles. The third kappa shape index (κ3) is 4.12. The lowest BCUT2D eigenvalue weighted by Crippen LogP contribution is -2.51. The van der Waals surface area contributed by atoms with E-state index in [-0.39, 0.29) is 9.23 Å². The number of amides is 1. The van der Waals surface area contributed by atoms with Crippen LogP contribution in [-0.4, -0.2) is 52.6 Å². The summed E-state index contributed by atoms with van der Waals surface area (Å²) in [6, 6.07) is 3.64. The lowest BCUT2D eigenvalue weighted by Gasteiger charge is -2.25. The summed E-state index contributed by atoms with van der Waals surface area (Å²) in [5.41, 5.74) is 0.662. The maximum atomic E-state index is 12.4. The van der Waals surface area contributed by atoms with Gasteiger partial charge < -0.3 is 24.5 Å². The number of methoxy groups -OCH3 is 1. The van der Waals surface area contributed by atoms with Crippen LogP contribution in [0.4, 0.5) is 0 Å². The zero-order chi connectivity index (χ0) is 18.6. The van der Waals surface area contributed by atoms with Crippen LogP contribution < -0.4 is 14.6 Å². The predicted molar refractivity (Wildman–Crippen MR) is 95.1 cm³/mol. The van der Waals surface area contributed by atoms with E-state index in [2.05, 4.69) is 0 Å². The number of ether oxygens (including phenoxy) is 2. The number of hydrogen-bond acceptors (Lipinski definition) is 8. The maximum absolute atomic E-state index is 12.4. The monoisotopic (exact) mass is 382 g/mol. The highest BCUT2D eigenvalue weighted by atomic mass is 32.2. The molecule has 1 amide bonds. The van der Waals surface area contributed by atoms with E-state index in [1.54, 1.807) is 24.3 Å². The fraction of sp³-hybridized carbons (Fsp3) is 0.312. The van der Waals surface area contributed by atoms with Gasteiger partial charge in [-0.25, -0.2) is 0 Å². The van der Waals surface area contributed by atoms with Crippen molar-refractivity contribution in [2.75, 3.05) is 20.3 Å². The van der Waals surface area contributed by atoms with Crippen molar-refractivity contribution in [1.29, 1.82) is 0 Å². The summed E-state index contributed by atoms with van der Waals surface area (Å²) < 4.78 is 10.7. The summed E-state index contributed by atoms with van der Waals surface area (Å²) in [7, 11) is 1.51. The predicted octanol–water partition coefficient (Wildman–Crippen LogP) is 0.406. The molecule has 0 radical (unpaired) electrons. The molecule has 7 nitrogen and oxygen atoms in total. The van der Waals surface area contributed by atoms with Crippen molar-refractivity contribution >= 4 is 46.3 Å². The fourth-order valence-corrected chi connectivity index (χ4v) is 3.57. The highest BCUT2D eigenvalue weighted by molar-refractivity contribution is 8.26. The molecule has 134 valence electrons. The van der Waals surface area contributed by atoms with Gasteiger partial charge in [-0.3, -0.25) is 9.69 Å². The topological polar surface area (TPSA) is 99.1 Å². The average Bonchev–Trinajstić information content (AvgIpc) is 2.84. The van der Waals surface area contributed by atoms with Gasteiger partial charge in [0.05, 0.1) is 31.2 Å². The Morgan fingerprint density at radius 2 is 2.20 bits per heavy atom. The minimum atomic E-state index is -1.57. The van der Waals surface area contributed by atoms with Gasteiger partial charge in [0.1, 0.15) is 10.4 Å². The third-order valence-electron chi connectivity index (χ3n) is 3.37. The number of carbonyl (C=O) groups is 2. The van der Waals surface area contributed by atoms with Gasteiger partial charge in [0, 0.05) is 0 Å². The van der Waals surface area contributed by atoms with Crippen molar-refractivity contribution in [3.05, 3.63) is 28.7 Å². The molecular formula is C16H16NO6S2-. The summed E-state index contributed by atoms with van der Waals surface area (Å²) >= 11 is 6.02. The van der Waals surface area contributed by atoms with Crippen molar-refractivity contribution in [3.8, 4) is 11.5 Å². The highest BCUT2D eigenvalue weighted by Crippen LogP contribution is 2.35. The van der Waals surface area contributed by atoms with E-state index in [9.17, 15) is 19.8 Å². The largest absolute Gasteiger partial charge is 0.548 e. The van der Waals surface area contributed by atoms with E-state index in [1.807, 2.05) is 6.92 Å². The Kier molecular flexibility index (Phi) is 6.40. The summed E-state index contributed by atoms with van der Waals surface area (Å²) in [5.74, 6) is -1.07. The number of aliphatic hydroxyl groups is 1. The number of carbonyl (C=O) groups excluding carboxylic acids is 2. The standard InChI is InChI=1S/C16H17NO6S2/c1-3-23-11-5-4-9(6-12(11)22-2)7-13-14(19)17(16(24)25-13)10(8-18)15(20)21/h4-7,10,18H,3,8H2,1-2H3,(H,20,21)/p-1/b13-7-/t10-/m1/s1. The van der Waals surface area contributed by atoms with E-state index >= 15 is 0 Å². The van der Waals surface area contributed by atoms with Crippen LogP contribution in [-0.2, 0) is 9.59 Å². The van der Waals surface area contributed by atoms with Crippen molar-refractivity contribution in [3.63, 3.8) is 0 Å². The minimum absolute atomic E-state index is 0.0531. The van der Waals surface area contributed by atoms with Crippen LogP contribution in [0.1, 0.15) is 12.5 Å². The number of aliphatic hydroxyl groups excluding tert-OH is 1. The van der Waals surface area contributed by atoms with E-state index in [4.69, 9.17) is 21.7 Å². The van der Waals surface area contributed by atoms with Gasteiger partial charge in [0.25, 0.3) is 5.91 Å². The SMILES string of the molecule is CCOc1ccc(/C=C2\SC(=S)N([C@H](CO)C(=O)[O-])C2=O)cc1OC. The van der Waals surface area contributed by atoms with Crippen LogP contribution in [0.5, 0.6) is 11.5 Å². The molecule has 2 rings (SSSR count). The van der Waals surface area contributed by atoms with Gasteiger partial charge in [-0.05, 0) is 30.7 Å². The molecule has 0 bridgehead atoms. The van der Waals surface area contributed by atoms with Crippen molar-refractivity contribution in [2.45, 2.75) is 13.0 Å². The first kappa shape index (κ1) is 19.2. The van der Waals surface area contributed by atoms with E-state index in [0.29, 0.717) is 23.7 Å². The van der Waals surface area contributed by atoms with Crippen molar-refractivity contribution in [2.24, 2.45) is 0 Å². The van der Waals surface area contributed by atoms with E-state index in [0.717, 1.165) is 16.7 Å². The molecule has 0 unspecified atom stereocenters. The van der Waals surface area contributed by atoms with Crippen molar-refractivity contribution in [1.82, 2.24) is 4.90 Å². The second kappa shape index (κ2) is 8.32. The summed E-state index contributed by atoms with van der Waals surface area (Å²) in [4.78, 5) is 24.6. The van der Waals surface area contributed by atoms with Gasteiger partial charge in [-0.15, -0.1) is 0 Å². The number of aliphatic carboxylic acids is 1. The molecule has 1 atom stereocenters. The van der Waals surface area contributed by atoms with Gasteiger partial charge in [-0.1, -0.05) is 30.0 Å². The molecule has 1 aromatic rings. The Morgan fingerprint density at radius 3 is 2.76 bits per heavy atom. The zero-order valence-electron chi connectivity index (χ0n) is 13.6. The number of carboxylic acids is 1. The third-order valence-corrected chi connectivity index (χ3v) is 4.70. The summed E-state index contributed by atoms with van der Waals surface area (Å²) in [6.07, 6.45) is 1.57. The molecule has 0 spiro atoms. The number of nitrogens with zero attached hydrogens (tertiary/aromatic N) is 1. The second-order valence-corrected chi connectivity index (χ2v) is 6.59. The molecule has 0 aromatic heterocycles. The number of rotatable bonds is 7. The average molecular weight is 382 g/mol. The molecule has 9 heteroatoms. The molecule has 1 heterocycles. The van der Waals surface area contributed by atoms with E-state index < -0.39 is 24.5 Å². The molecule has 1 N–H and O–H groups in total. The van der Waals surface area contributed by atoms with Crippen LogP contribution in [0.25, 0.3) is 6.08 Å². The lowest BCUT2D eigenvalue weighted by atomic mass is 10.1. The van der Waals surface area contributed by atoms with Crippen LogP contribution in [0.15, 0.2) is 23.1 Å². The maximum Gasteiger partial charge on any atom is 0.266 e. The van der Waals surface area contributed by atoms with Crippen LogP contribution in [0, 0.1) is 0 Å². The minimum Gasteiger partial charge on any atom is -0.548 e. The number of hydrogen-bond donors (Lipinski definition) is 1. The van der Waals surface area contributed by atoms with Crippen LogP contribution in [0.3, 0.4) is 0 Å². The molecule has 1 fully saturated rings. The molecule has 0 aliphatic carbocycles. The van der Waals surface area contributed by atoms with Gasteiger partial charge in [0.15, 0.2) is 11.5 Å². The molecule has 0 saturated carbocycles. The number of carboxylic acid groups (broad SMARTS) is 1. The Labute approximate surface area is 154 Å². The first-order valence-corrected chi connectivity index (χ1v) is 8.55. The first-order valence-electron chi connectivity index (χ1n) is 7.32. The second-order valence-electron chi connectivity index (χ2n) is 4.91. The van der Waals surface area contributed by atoms with Gasteiger partial charge in [-0.2, -0.15) is 0 Å². The number of benzene rings is 1.